The molecule has 29 heavy (non-hydrogen) atoms. The minimum absolute atomic E-state index is 0.00702. The summed E-state index contributed by atoms with van der Waals surface area (Å²) in [6.45, 7) is 2.82. The molecule has 1 aliphatic carbocycles. The Hall–Kier alpha value is -1.90. The zero-order chi connectivity index (χ0) is 20.0. The summed E-state index contributed by atoms with van der Waals surface area (Å²) in [5.41, 5.74) is 4.28. The second kappa shape index (κ2) is 7.41. The van der Waals surface area contributed by atoms with Gasteiger partial charge in [-0.15, -0.1) is 0 Å². The van der Waals surface area contributed by atoms with Crippen LogP contribution in [0.3, 0.4) is 0 Å². The van der Waals surface area contributed by atoms with Crippen LogP contribution in [0.25, 0.3) is 10.9 Å². The van der Waals surface area contributed by atoms with Crippen molar-refractivity contribution in [2.75, 3.05) is 39.3 Å². The van der Waals surface area contributed by atoms with Crippen LogP contribution in [0.4, 0.5) is 0 Å². The third-order valence-corrected chi connectivity index (χ3v) is 8.64. The molecule has 156 valence electrons. The predicted molar refractivity (Wildman–Crippen MR) is 112 cm³/mol. The number of hydrogen-bond donors (Lipinski definition) is 1. The molecule has 0 bridgehead atoms. The topological polar surface area (TPSA) is 76.7 Å². The Balaban J connectivity index is 1.34. The normalized spacial score (nSPS) is 21.6. The van der Waals surface area contributed by atoms with E-state index in [2.05, 4.69) is 11.1 Å². The first-order chi connectivity index (χ1) is 14.1. The number of piperazine rings is 1. The predicted octanol–water partition coefficient (Wildman–Crippen LogP) is 2.15. The van der Waals surface area contributed by atoms with Crippen molar-refractivity contribution < 1.29 is 13.2 Å². The van der Waals surface area contributed by atoms with Crippen LogP contribution in [-0.4, -0.2) is 72.1 Å². The Morgan fingerprint density at radius 2 is 1.55 bits per heavy atom. The molecular formula is C21H28N4O3S. The first-order valence-electron chi connectivity index (χ1n) is 10.7. The van der Waals surface area contributed by atoms with E-state index in [0.717, 1.165) is 31.2 Å². The van der Waals surface area contributed by atoms with Gasteiger partial charge in [0.1, 0.15) is 0 Å². The van der Waals surface area contributed by atoms with Crippen LogP contribution in [0.5, 0.6) is 0 Å². The standard InChI is InChI=1S/C21H28N4O3S/c26-21(18-8-5-7-17-16-6-1-2-9-19(16)22-20(17)18)23-12-14-25(15-13-23)29(27,28)24-10-3-4-11-24/h5,7-8,22H,1-4,6,9-15H2. The van der Waals surface area contributed by atoms with E-state index in [1.165, 1.54) is 33.8 Å². The van der Waals surface area contributed by atoms with Gasteiger partial charge in [0.15, 0.2) is 0 Å². The summed E-state index contributed by atoms with van der Waals surface area (Å²) in [6, 6.07) is 5.96. The number of carbonyl (C=O) groups excluding carboxylic acids is 1. The smallest absolute Gasteiger partial charge is 0.282 e. The Bertz CT molecular complexity index is 1030. The highest BCUT2D eigenvalue weighted by Gasteiger charge is 2.35. The maximum atomic E-state index is 13.3. The Kier molecular flexibility index (Phi) is 4.88. The average Bonchev–Trinajstić information content (AvgIpc) is 3.41. The molecule has 2 aromatic rings. The van der Waals surface area contributed by atoms with Crippen LogP contribution in [0.2, 0.25) is 0 Å². The van der Waals surface area contributed by atoms with Gasteiger partial charge < -0.3 is 9.88 Å². The van der Waals surface area contributed by atoms with Crippen LogP contribution in [-0.2, 0) is 23.1 Å². The molecule has 1 amide bonds. The summed E-state index contributed by atoms with van der Waals surface area (Å²) in [7, 11) is -3.39. The first kappa shape index (κ1) is 19.1. The number of rotatable bonds is 3. The van der Waals surface area contributed by atoms with Gasteiger partial charge in [0.05, 0.1) is 11.1 Å². The van der Waals surface area contributed by atoms with Gasteiger partial charge in [0.25, 0.3) is 16.1 Å². The van der Waals surface area contributed by atoms with Crippen molar-refractivity contribution in [3.8, 4) is 0 Å². The fourth-order valence-corrected chi connectivity index (χ4v) is 6.65. The van der Waals surface area contributed by atoms with E-state index in [1.807, 2.05) is 12.1 Å². The number of nitrogens with zero attached hydrogens (tertiary/aromatic N) is 3. The van der Waals surface area contributed by atoms with Crippen LogP contribution in [0.15, 0.2) is 18.2 Å². The maximum Gasteiger partial charge on any atom is 0.282 e. The minimum Gasteiger partial charge on any atom is -0.358 e. The third-order valence-electron chi connectivity index (χ3n) is 6.61. The van der Waals surface area contributed by atoms with Crippen molar-refractivity contribution in [2.45, 2.75) is 38.5 Å². The van der Waals surface area contributed by atoms with Crippen LogP contribution >= 0.6 is 0 Å². The fourth-order valence-electron chi connectivity index (χ4n) is 4.98. The monoisotopic (exact) mass is 416 g/mol. The Morgan fingerprint density at radius 1 is 0.862 bits per heavy atom. The molecule has 0 saturated carbocycles. The van der Waals surface area contributed by atoms with Crippen LogP contribution < -0.4 is 0 Å². The highest BCUT2D eigenvalue weighted by atomic mass is 32.2. The summed E-state index contributed by atoms with van der Waals surface area (Å²) in [6.07, 6.45) is 6.37. The van der Waals surface area contributed by atoms with Crippen molar-refractivity contribution >= 4 is 27.0 Å². The van der Waals surface area contributed by atoms with E-state index in [1.54, 1.807) is 9.21 Å². The number of hydrogen-bond acceptors (Lipinski definition) is 3. The number of para-hydroxylation sites is 1. The molecule has 3 aliphatic rings. The van der Waals surface area contributed by atoms with Crippen molar-refractivity contribution in [3.05, 3.63) is 35.0 Å². The third kappa shape index (κ3) is 3.27. The first-order valence-corrected chi connectivity index (χ1v) is 12.1. The Labute approximate surface area is 171 Å². The highest BCUT2D eigenvalue weighted by Crippen LogP contribution is 2.31. The molecule has 1 N–H and O–H groups in total. The molecule has 2 saturated heterocycles. The van der Waals surface area contributed by atoms with Crippen molar-refractivity contribution in [1.82, 2.24) is 18.5 Å². The van der Waals surface area contributed by atoms with Gasteiger partial charge in [-0.1, -0.05) is 12.1 Å². The lowest BCUT2D eigenvalue weighted by Gasteiger charge is -2.35. The molecule has 5 rings (SSSR count). The van der Waals surface area contributed by atoms with Crippen LogP contribution in [0.1, 0.15) is 47.3 Å². The van der Waals surface area contributed by atoms with Gasteiger partial charge in [-0.2, -0.15) is 17.0 Å². The fraction of sp³-hybridized carbons (Fsp3) is 0.571. The molecule has 1 aromatic heterocycles. The number of H-pyrrole nitrogens is 1. The second-order valence-corrected chi connectivity index (χ2v) is 10.3. The average molecular weight is 417 g/mol. The van der Waals surface area contributed by atoms with E-state index >= 15 is 0 Å². The zero-order valence-corrected chi connectivity index (χ0v) is 17.5. The number of aromatic amines is 1. The second-order valence-electron chi connectivity index (χ2n) is 8.32. The summed E-state index contributed by atoms with van der Waals surface area (Å²) < 4.78 is 28.6. The number of nitrogens with one attached hydrogen (secondary N) is 1. The van der Waals surface area contributed by atoms with E-state index in [9.17, 15) is 13.2 Å². The molecule has 2 fully saturated rings. The van der Waals surface area contributed by atoms with Crippen molar-refractivity contribution in [2.24, 2.45) is 0 Å². The van der Waals surface area contributed by atoms with Crippen LogP contribution in [0, 0.1) is 0 Å². The number of aromatic nitrogens is 1. The molecule has 3 heterocycles. The van der Waals surface area contributed by atoms with Gasteiger partial charge in [-0.25, -0.2) is 0 Å². The van der Waals surface area contributed by atoms with Gasteiger partial charge in [0, 0.05) is 50.3 Å². The van der Waals surface area contributed by atoms with Gasteiger partial charge in [0.2, 0.25) is 0 Å². The van der Waals surface area contributed by atoms with E-state index in [-0.39, 0.29) is 5.91 Å². The number of aryl methyl sites for hydroxylation is 2. The molecule has 1 aromatic carbocycles. The highest BCUT2D eigenvalue weighted by molar-refractivity contribution is 7.86. The zero-order valence-electron chi connectivity index (χ0n) is 16.7. The molecule has 0 unspecified atom stereocenters. The minimum atomic E-state index is -3.39. The SMILES string of the molecule is O=C(c1cccc2c3c([nH]c12)CCCC3)N1CCN(S(=O)(=O)N2CCCC2)CC1. The lowest BCUT2D eigenvalue weighted by atomic mass is 9.95. The van der Waals surface area contributed by atoms with E-state index < -0.39 is 10.2 Å². The summed E-state index contributed by atoms with van der Waals surface area (Å²) in [4.78, 5) is 18.6. The van der Waals surface area contributed by atoms with Crippen molar-refractivity contribution in [3.63, 3.8) is 0 Å². The van der Waals surface area contributed by atoms with Crippen molar-refractivity contribution in [1.29, 1.82) is 0 Å². The molecule has 2 aliphatic heterocycles. The molecule has 7 nitrogen and oxygen atoms in total. The lowest BCUT2D eigenvalue weighted by Crippen LogP contribution is -2.53. The largest absolute Gasteiger partial charge is 0.358 e. The molecule has 0 spiro atoms. The number of amides is 1. The summed E-state index contributed by atoms with van der Waals surface area (Å²) in [5, 5.41) is 1.17. The van der Waals surface area contributed by atoms with Gasteiger partial charge >= 0.3 is 0 Å². The summed E-state index contributed by atoms with van der Waals surface area (Å²) in [5.74, 6) is -0.00702. The number of benzene rings is 1. The van der Waals surface area contributed by atoms with E-state index in [0.29, 0.717) is 44.8 Å². The summed E-state index contributed by atoms with van der Waals surface area (Å²) >= 11 is 0. The molecule has 8 heteroatoms. The number of fused-ring (bicyclic) bond motifs is 3. The Morgan fingerprint density at radius 3 is 2.31 bits per heavy atom. The maximum absolute atomic E-state index is 13.3. The van der Waals surface area contributed by atoms with Gasteiger partial charge in [-0.3, -0.25) is 4.79 Å². The quantitative estimate of drug-likeness (QED) is 0.833. The molecule has 0 radical (unpaired) electrons. The molecule has 0 atom stereocenters. The number of carbonyl (C=O) groups is 1. The van der Waals surface area contributed by atoms with Gasteiger partial charge in [-0.05, 0) is 50.2 Å². The van der Waals surface area contributed by atoms with E-state index in [4.69, 9.17) is 0 Å². The lowest BCUT2D eigenvalue weighted by molar-refractivity contribution is 0.0696. The molecular weight excluding hydrogens is 388 g/mol.